The van der Waals surface area contributed by atoms with Gasteiger partial charge in [-0.25, -0.2) is 4.98 Å². The first-order chi connectivity index (χ1) is 15.8. The highest BCUT2D eigenvalue weighted by Gasteiger charge is 2.16. The van der Waals surface area contributed by atoms with Crippen LogP contribution in [0, 0.1) is 0 Å². The van der Waals surface area contributed by atoms with Crippen LogP contribution in [0.5, 0.6) is 5.75 Å². The van der Waals surface area contributed by atoms with E-state index in [2.05, 4.69) is 15.6 Å². The quantitative estimate of drug-likeness (QED) is 0.490. The number of para-hydroxylation sites is 1. The summed E-state index contributed by atoms with van der Waals surface area (Å²) in [5.41, 5.74) is 4.01. The van der Waals surface area contributed by atoms with E-state index < -0.39 is 0 Å². The van der Waals surface area contributed by atoms with Crippen LogP contribution in [0.4, 0.5) is 0 Å². The fourth-order valence-corrected chi connectivity index (χ4v) is 3.92. The summed E-state index contributed by atoms with van der Waals surface area (Å²) in [6.07, 6.45) is 4.64. The van der Waals surface area contributed by atoms with Crippen molar-refractivity contribution in [2.24, 2.45) is 0 Å². The highest BCUT2D eigenvalue weighted by atomic mass is 16.5. The molecule has 3 heterocycles. The summed E-state index contributed by atoms with van der Waals surface area (Å²) in [6.45, 7) is 2.30. The van der Waals surface area contributed by atoms with Gasteiger partial charge in [-0.15, -0.1) is 0 Å². The molecule has 0 bridgehead atoms. The van der Waals surface area contributed by atoms with E-state index in [0.717, 1.165) is 47.5 Å². The smallest absolute Gasteiger partial charge is 0.253 e. The molecule has 0 spiro atoms. The molecule has 6 heteroatoms. The van der Waals surface area contributed by atoms with Gasteiger partial charge in [0.2, 0.25) is 0 Å². The van der Waals surface area contributed by atoms with Crippen LogP contribution in [0.15, 0.2) is 79.1 Å². The van der Waals surface area contributed by atoms with E-state index in [-0.39, 0.29) is 12.0 Å². The van der Waals surface area contributed by atoms with Crippen LogP contribution < -0.4 is 15.4 Å². The molecule has 0 saturated carbocycles. The average molecular weight is 425 g/mol. The van der Waals surface area contributed by atoms with Crippen LogP contribution in [0.25, 0.3) is 22.2 Å². The third-order valence-corrected chi connectivity index (χ3v) is 5.61. The summed E-state index contributed by atoms with van der Waals surface area (Å²) in [5.74, 6) is 0.685. The van der Waals surface area contributed by atoms with Gasteiger partial charge in [0.1, 0.15) is 11.9 Å². The molecular formula is C26H24N4O2. The Hall–Kier alpha value is -3.77. The molecule has 1 saturated heterocycles. The third kappa shape index (κ3) is 4.45. The molecule has 1 fully saturated rings. The fourth-order valence-electron chi connectivity index (χ4n) is 3.92. The van der Waals surface area contributed by atoms with Gasteiger partial charge < -0.3 is 15.4 Å². The van der Waals surface area contributed by atoms with Crippen molar-refractivity contribution >= 4 is 16.8 Å². The van der Waals surface area contributed by atoms with Crippen molar-refractivity contribution in [3.8, 4) is 17.0 Å². The number of rotatable bonds is 6. The standard InChI is InChI=1S/C26H24N4O2/c31-26(29-16-18-9-12-27-13-10-18)23-6-2-3-19-7-8-24(30-25(19)23)20-4-1-5-21(15-20)32-22-11-14-28-17-22/h1-10,12-13,15,22,28H,11,14,16-17H2,(H,29,31). The van der Waals surface area contributed by atoms with E-state index >= 15 is 0 Å². The van der Waals surface area contributed by atoms with Crippen molar-refractivity contribution in [1.82, 2.24) is 20.6 Å². The number of carbonyl (C=O) groups excluding carboxylic acids is 1. The largest absolute Gasteiger partial charge is 0.489 e. The van der Waals surface area contributed by atoms with Gasteiger partial charge in [0.15, 0.2) is 0 Å². The third-order valence-electron chi connectivity index (χ3n) is 5.61. The Labute approximate surface area is 186 Å². The monoisotopic (exact) mass is 424 g/mol. The van der Waals surface area contributed by atoms with Crippen LogP contribution in [0.1, 0.15) is 22.3 Å². The number of ether oxygens (including phenoxy) is 1. The lowest BCUT2D eigenvalue weighted by molar-refractivity contribution is 0.0952. The van der Waals surface area contributed by atoms with E-state index in [4.69, 9.17) is 9.72 Å². The Morgan fingerprint density at radius 3 is 2.78 bits per heavy atom. The molecule has 32 heavy (non-hydrogen) atoms. The van der Waals surface area contributed by atoms with Gasteiger partial charge in [-0.1, -0.05) is 30.3 Å². The molecule has 2 aromatic heterocycles. The second-order valence-corrected chi connectivity index (χ2v) is 7.87. The summed E-state index contributed by atoms with van der Waals surface area (Å²) in [4.78, 5) is 21.8. The zero-order valence-electron chi connectivity index (χ0n) is 17.6. The van der Waals surface area contributed by atoms with Gasteiger partial charge in [0, 0.05) is 36.4 Å². The van der Waals surface area contributed by atoms with Crippen molar-refractivity contribution < 1.29 is 9.53 Å². The number of nitrogens with one attached hydrogen (secondary N) is 2. The Morgan fingerprint density at radius 1 is 1.06 bits per heavy atom. The number of aromatic nitrogens is 2. The maximum atomic E-state index is 12.9. The van der Waals surface area contributed by atoms with E-state index in [0.29, 0.717) is 17.6 Å². The maximum Gasteiger partial charge on any atom is 0.253 e. The van der Waals surface area contributed by atoms with Crippen LogP contribution in [0.3, 0.4) is 0 Å². The number of amides is 1. The molecule has 4 aromatic rings. The van der Waals surface area contributed by atoms with Crippen LogP contribution in [-0.2, 0) is 6.54 Å². The number of carbonyl (C=O) groups is 1. The molecule has 160 valence electrons. The van der Waals surface area contributed by atoms with Crippen molar-refractivity contribution in [2.75, 3.05) is 13.1 Å². The van der Waals surface area contributed by atoms with Gasteiger partial charge in [-0.05, 0) is 54.9 Å². The van der Waals surface area contributed by atoms with E-state index in [1.807, 2.05) is 66.7 Å². The van der Waals surface area contributed by atoms with Gasteiger partial charge in [-0.3, -0.25) is 9.78 Å². The first-order valence-corrected chi connectivity index (χ1v) is 10.8. The number of benzene rings is 2. The minimum atomic E-state index is -0.150. The second-order valence-electron chi connectivity index (χ2n) is 7.87. The molecular weight excluding hydrogens is 400 g/mol. The normalized spacial score (nSPS) is 15.6. The summed E-state index contributed by atoms with van der Waals surface area (Å²) >= 11 is 0. The van der Waals surface area contributed by atoms with Crippen molar-refractivity contribution in [3.05, 3.63) is 90.3 Å². The van der Waals surface area contributed by atoms with Gasteiger partial charge in [-0.2, -0.15) is 0 Å². The second kappa shape index (κ2) is 9.16. The zero-order chi connectivity index (χ0) is 21.8. The topological polar surface area (TPSA) is 76.1 Å². The van der Waals surface area contributed by atoms with E-state index in [1.54, 1.807) is 12.4 Å². The van der Waals surface area contributed by atoms with Crippen molar-refractivity contribution in [1.29, 1.82) is 0 Å². The minimum absolute atomic E-state index is 0.150. The summed E-state index contributed by atoms with van der Waals surface area (Å²) in [7, 11) is 0. The molecule has 2 aromatic carbocycles. The summed E-state index contributed by atoms with van der Waals surface area (Å²) in [6, 6.07) is 21.4. The highest BCUT2D eigenvalue weighted by molar-refractivity contribution is 6.05. The lowest BCUT2D eigenvalue weighted by Gasteiger charge is -2.13. The first-order valence-electron chi connectivity index (χ1n) is 10.8. The Morgan fingerprint density at radius 2 is 1.94 bits per heavy atom. The molecule has 1 amide bonds. The fraction of sp³-hybridized carbons (Fsp3) is 0.192. The summed E-state index contributed by atoms with van der Waals surface area (Å²) in [5, 5.41) is 7.23. The van der Waals surface area contributed by atoms with E-state index in [1.165, 1.54) is 0 Å². The Kier molecular flexibility index (Phi) is 5.77. The molecule has 0 radical (unpaired) electrons. The molecule has 1 aliphatic heterocycles. The number of hydrogen-bond donors (Lipinski definition) is 2. The maximum absolute atomic E-state index is 12.9. The van der Waals surface area contributed by atoms with Crippen molar-refractivity contribution in [3.63, 3.8) is 0 Å². The number of hydrogen-bond acceptors (Lipinski definition) is 5. The first kappa shape index (κ1) is 20.2. The lowest BCUT2D eigenvalue weighted by atomic mass is 10.1. The van der Waals surface area contributed by atoms with Crippen LogP contribution in [0.2, 0.25) is 0 Å². The molecule has 1 aliphatic rings. The molecule has 1 atom stereocenters. The minimum Gasteiger partial charge on any atom is -0.489 e. The molecule has 2 N–H and O–H groups in total. The number of nitrogens with zero attached hydrogens (tertiary/aromatic N) is 2. The molecule has 5 rings (SSSR count). The Balaban J connectivity index is 1.41. The number of pyridine rings is 2. The lowest BCUT2D eigenvalue weighted by Crippen LogP contribution is -2.23. The van der Waals surface area contributed by atoms with Crippen molar-refractivity contribution in [2.45, 2.75) is 19.1 Å². The number of fused-ring (bicyclic) bond motifs is 1. The zero-order valence-corrected chi connectivity index (χ0v) is 17.6. The Bertz CT molecular complexity index is 1240. The molecule has 0 aliphatic carbocycles. The highest BCUT2D eigenvalue weighted by Crippen LogP contribution is 2.27. The van der Waals surface area contributed by atoms with Gasteiger partial charge >= 0.3 is 0 Å². The molecule has 1 unspecified atom stereocenters. The predicted molar refractivity (Wildman–Crippen MR) is 124 cm³/mol. The SMILES string of the molecule is O=C(NCc1ccncc1)c1cccc2ccc(-c3cccc(OC4CCNC4)c3)nc12. The average Bonchev–Trinajstić information content (AvgIpc) is 3.35. The van der Waals surface area contributed by atoms with Crippen LogP contribution in [-0.4, -0.2) is 35.1 Å². The van der Waals surface area contributed by atoms with Gasteiger partial charge in [0.05, 0.1) is 16.8 Å². The predicted octanol–water partition coefficient (Wildman–Crippen LogP) is 3.97. The molecule has 6 nitrogen and oxygen atoms in total. The summed E-state index contributed by atoms with van der Waals surface area (Å²) < 4.78 is 6.10. The van der Waals surface area contributed by atoms with E-state index in [9.17, 15) is 4.79 Å². The van der Waals surface area contributed by atoms with Crippen LogP contribution >= 0.6 is 0 Å². The van der Waals surface area contributed by atoms with Gasteiger partial charge in [0.25, 0.3) is 5.91 Å².